The predicted molar refractivity (Wildman–Crippen MR) is 98.9 cm³/mol. The van der Waals surface area contributed by atoms with Gasteiger partial charge in [0.05, 0.1) is 6.04 Å². The lowest BCUT2D eigenvalue weighted by atomic mass is 9.97. The molecule has 2 unspecified atom stereocenters. The number of carbonyl (C=O) groups excluding carboxylic acids is 1. The van der Waals surface area contributed by atoms with Crippen LogP contribution in [0.2, 0.25) is 0 Å². The standard InChI is InChI=1S/C22H27NO/c1-16-12-17(2)14-20(13-16)21-10-7-11-23(21)22(24)18(3)15-19-8-5-4-6-9-19/h4-6,8-9,12-14,18,21H,7,10-11,15H2,1-3H3. The monoisotopic (exact) mass is 321 g/mol. The SMILES string of the molecule is Cc1cc(C)cc(C2CCCN2C(=O)C(C)Cc2ccccc2)c1. The van der Waals surface area contributed by atoms with E-state index in [1.54, 1.807) is 0 Å². The zero-order chi connectivity index (χ0) is 17.1. The van der Waals surface area contributed by atoms with E-state index in [9.17, 15) is 4.79 Å². The lowest BCUT2D eigenvalue weighted by Gasteiger charge is -2.28. The second kappa shape index (κ2) is 7.21. The summed E-state index contributed by atoms with van der Waals surface area (Å²) in [5.41, 5.74) is 5.09. The van der Waals surface area contributed by atoms with Gasteiger partial charge in [-0.1, -0.05) is 66.6 Å². The van der Waals surface area contributed by atoms with E-state index in [0.29, 0.717) is 5.91 Å². The number of hydrogen-bond acceptors (Lipinski definition) is 1. The maximum Gasteiger partial charge on any atom is 0.226 e. The number of carbonyl (C=O) groups is 1. The first-order chi connectivity index (χ1) is 11.5. The highest BCUT2D eigenvalue weighted by molar-refractivity contribution is 5.79. The maximum absolute atomic E-state index is 13.0. The van der Waals surface area contributed by atoms with Crippen molar-refractivity contribution in [3.63, 3.8) is 0 Å². The van der Waals surface area contributed by atoms with E-state index in [-0.39, 0.29) is 12.0 Å². The summed E-state index contributed by atoms with van der Waals surface area (Å²) < 4.78 is 0. The smallest absolute Gasteiger partial charge is 0.226 e. The first kappa shape index (κ1) is 16.8. The summed E-state index contributed by atoms with van der Waals surface area (Å²) in [6, 6.07) is 17.2. The minimum Gasteiger partial charge on any atom is -0.335 e. The minimum atomic E-state index is 0.0268. The molecule has 0 aliphatic carbocycles. The van der Waals surface area contributed by atoms with E-state index in [2.05, 4.69) is 56.0 Å². The van der Waals surface area contributed by atoms with E-state index >= 15 is 0 Å². The van der Waals surface area contributed by atoms with Crippen LogP contribution in [0.4, 0.5) is 0 Å². The number of benzene rings is 2. The predicted octanol–water partition coefficient (Wildman–Crippen LogP) is 4.85. The Hall–Kier alpha value is -2.09. The number of nitrogens with zero attached hydrogens (tertiary/aromatic N) is 1. The number of likely N-dealkylation sites (tertiary alicyclic amines) is 1. The maximum atomic E-state index is 13.0. The number of hydrogen-bond donors (Lipinski definition) is 0. The van der Waals surface area contributed by atoms with E-state index in [4.69, 9.17) is 0 Å². The molecule has 1 aliphatic rings. The van der Waals surface area contributed by atoms with Crippen LogP contribution in [-0.2, 0) is 11.2 Å². The molecule has 2 nitrogen and oxygen atoms in total. The second-order valence-electron chi connectivity index (χ2n) is 7.20. The summed E-state index contributed by atoms with van der Waals surface area (Å²) in [7, 11) is 0. The van der Waals surface area contributed by atoms with E-state index in [0.717, 1.165) is 25.8 Å². The van der Waals surface area contributed by atoms with Crippen LogP contribution in [0.25, 0.3) is 0 Å². The third-order valence-corrected chi connectivity index (χ3v) is 4.97. The summed E-state index contributed by atoms with van der Waals surface area (Å²) in [6.45, 7) is 7.22. The van der Waals surface area contributed by atoms with Gasteiger partial charge in [-0.25, -0.2) is 0 Å². The van der Waals surface area contributed by atoms with Gasteiger partial charge in [0, 0.05) is 12.5 Å². The van der Waals surface area contributed by atoms with Gasteiger partial charge < -0.3 is 4.90 Å². The van der Waals surface area contributed by atoms with Crippen LogP contribution >= 0.6 is 0 Å². The molecule has 1 amide bonds. The van der Waals surface area contributed by atoms with Crippen LogP contribution in [0.5, 0.6) is 0 Å². The van der Waals surface area contributed by atoms with Crippen LogP contribution < -0.4 is 0 Å². The average Bonchev–Trinajstić information content (AvgIpc) is 3.03. The zero-order valence-electron chi connectivity index (χ0n) is 15.0. The second-order valence-corrected chi connectivity index (χ2v) is 7.20. The van der Waals surface area contributed by atoms with E-state index in [1.807, 2.05) is 18.2 Å². The van der Waals surface area contributed by atoms with Gasteiger partial charge in [0.1, 0.15) is 0 Å². The molecule has 24 heavy (non-hydrogen) atoms. The molecule has 126 valence electrons. The van der Waals surface area contributed by atoms with Crippen molar-refractivity contribution in [2.45, 2.75) is 46.1 Å². The van der Waals surface area contributed by atoms with Crippen LogP contribution in [-0.4, -0.2) is 17.4 Å². The highest BCUT2D eigenvalue weighted by atomic mass is 16.2. The molecule has 0 saturated carbocycles. The third-order valence-electron chi connectivity index (χ3n) is 4.97. The molecule has 2 heteroatoms. The molecule has 2 aromatic carbocycles. The Morgan fingerprint density at radius 3 is 2.46 bits per heavy atom. The lowest BCUT2D eigenvalue weighted by molar-refractivity contribution is -0.135. The number of aryl methyl sites for hydroxylation is 2. The Balaban J connectivity index is 1.75. The van der Waals surface area contributed by atoms with Gasteiger partial charge in [-0.15, -0.1) is 0 Å². The quantitative estimate of drug-likeness (QED) is 0.788. The van der Waals surface area contributed by atoms with Gasteiger partial charge >= 0.3 is 0 Å². The Kier molecular flexibility index (Phi) is 5.03. The molecule has 0 aromatic heterocycles. The molecule has 0 bridgehead atoms. The summed E-state index contributed by atoms with van der Waals surface area (Å²) in [6.07, 6.45) is 2.99. The molecule has 2 aromatic rings. The topological polar surface area (TPSA) is 20.3 Å². The Bertz CT molecular complexity index is 687. The molecular formula is C22H27NO. The van der Waals surface area contributed by atoms with Crippen molar-refractivity contribution in [1.82, 2.24) is 4.90 Å². The minimum absolute atomic E-state index is 0.0268. The van der Waals surface area contributed by atoms with Crippen LogP contribution in [0.1, 0.15) is 48.1 Å². The van der Waals surface area contributed by atoms with Crippen molar-refractivity contribution in [3.8, 4) is 0 Å². The Labute approximate surface area is 145 Å². The molecule has 1 saturated heterocycles. The van der Waals surface area contributed by atoms with Gasteiger partial charge in [-0.3, -0.25) is 4.79 Å². The molecular weight excluding hydrogens is 294 g/mol. The van der Waals surface area contributed by atoms with Gasteiger partial charge in [0.25, 0.3) is 0 Å². The fourth-order valence-electron chi connectivity index (χ4n) is 3.92. The van der Waals surface area contributed by atoms with E-state index < -0.39 is 0 Å². The van der Waals surface area contributed by atoms with Gasteiger partial charge in [-0.2, -0.15) is 0 Å². The highest BCUT2D eigenvalue weighted by Gasteiger charge is 2.32. The lowest BCUT2D eigenvalue weighted by Crippen LogP contribution is -2.35. The van der Waals surface area contributed by atoms with Crippen molar-refractivity contribution in [2.75, 3.05) is 6.54 Å². The average molecular weight is 321 g/mol. The van der Waals surface area contributed by atoms with Crippen LogP contribution in [0.3, 0.4) is 0 Å². The molecule has 2 atom stereocenters. The molecule has 1 aliphatic heterocycles. The van der Waals surface area contributed by atoms with Gasteiger partial charge in [0.15, 0.2) is 0 Å². The van der Waals surface area contributed by atoms with Gasteiger partial charge in [-0.05, 0) is 44.2 Å². The van der Waals surface area contributed by atoms with Gasteiger partial charge in [0.2, 0.25) is 5.91 Å². The molecule has 1 fully saturated rings. The fraction of sp³-hybridized carbons (Fsp3) is 0.409. The summed E-state index contributed by atoms with van der Waals surface area (Å²) in [5, 5.41) is 0. The van der Waals surface area contributed by atoms with Crippen LogP contribution in [0, 0.1) is 19.8 Å². The van der Waals surface area contributed by atoms with Crippen molar-refractivity contribution < 1.29 is 4.79 Å². The fourth-order valence-corrected chi connectivity index (χ4v) is 3.92. The normalized spacial score (nSPS) is 18.6. The summed E-state index contributed by atoms with van der Waals surface area (Å²) in [5.74, 6) is 0.319. The molecule has 1 heterocycles. The molecule has 0 N–H and O–H groups in total. The molecule has 0 spiro atoms. The largest absolute Gasteiger partial charge is 0.335 e. The van der Waals surface area contributed by atoms with Crippen molar-refractivity contribution in [3.05, 3.63) is 70.8 Å². The summed E-state index contributed by atoms with van der Waals surface area (Å²) >= 11 is 0. The number of amides is 1. The third kappa shape index (κ3) is 3.69. The van der Waals surface area contributed by atoms with Crippen molar-refractivity contribution >= 4 is 5.91 Å². The van der Waals surface area contributed by atoms with E-state index in [1.165, 1.54) is 22.3 Å². The highest BCUT2D eigenvalue weighted by Crippen LogP contribution is 2.34. The summed E-state index contributed by atoms with van der Waals surface area (Å²) in [4.78, 5) is 15.1. The van der Waals surface area contributed by atoms with Crippen molar-refractivity contribution in [1.29, 1.82) is 0 Å². The number of rotatable bonds is 4. The Morgan fingerprint density at radius 2 is 1.79 bits per heavy atom. The first-order valence-electron chi connectivity index (χ1n) is 8.97. The van der Waals surface area contributed by atoms with Crippen molar-refractivity contribution in [2.24, 2.45) is 5.92 Å². The van der Waals surface area contributed by atoms with Crippen LogP contribution in [0.15, 0.2) is 48.5 Å². The first-order valence-corrected chi connectivity index (χ1v) is 8.97. The Morgan fingerprint density at radius 1 is 1.12 bits per heavy atom. The molecule has 3 rings (SSSR count). The zero-order valence-corrected chi connectivity index (χ0v) is 15.0. The molecule has 0 radical (unpaired) electrons.